The van der Waals surface area contributed by atoms with Crippen molar-refractivity contribution in [3.63, 3.8) is 0 Å². The molecule has 2 nitrogen and oxygen atoms in total. The van der Waals surface area contributed by atoms with Crippen molar-refractivity contribution >= 4 is 0 Å². The Labute approximate surface area is 67.7 Å². The highest BCUT2D eigenvalue weighted by atomic mass is 17.1. The Morgan fingerprint density at radius 2 is 2.30 bits per heavy atom. The minimum absolute atomic E-state index is 0. The average Bonchev–Trinajstić information content (AvgIpc) is 1.98. The lowest BCUT2D eigenvalue weighted by molar-refractivity contribution is -0.254. The zero-order chi connectivity index (χ0) is 7.82. The maximum Gasteiger partial charge on any atom is 0.129 e. The molecule has 0 aromatic rings. The van der Waals surface area contributed by atoms with Gasteiger partial charge in [0.1, 0.15) is 6.10 Å². The molecule has 0 saturated heterocycles. The maximum absolute atomic E-state index is 8.28. The molecule has 10 heavy (non-hydrogen) atoms. The van der Waals surface area contributed by atoms with Gasteiger partial charge in [-0.1, -0.05) is 31.2 Å². The summed E-state index contributed by atoms with van der Waals surface area (Å²) in [7, 11) is 0. The van der Waals surface area contributed by atoms with Crippen LogP contribution < -0.4 is 0 Å². The van der Waals surface area contributed by atoms with E-state index in [0.717, 1.165) is 6.42 Å². The molecule has 0 aliphatic carbocycles. The van der Waals surface area contributed by atoms with Gasteiger partial charge in [-0.25, -0.2) is 4.89 Å². The third-order valence-electron chi connectivity index (χ3n) is 1.07. The molecule has 0 aliphatic heterocycles. The highest BCUT2D eigenvalue weighted by Gasteiger charge is 1.94. The van der Waals surface area contributed by atoms with Crippen LogP contribution in [0.25, 0.3) is 0 Å². The molecule has 0 radical (unpaired) electrons. The zero-order valence-electron chi connectivity index (χ0n) is 6.45. The van der Waals surface area contributed by atoms with Crippen molar-refractivity contribution in [1.82, 2.24) is 0 Å². The first-order chi connectivity index (χ1) is 4.85. The highest BCUT2D eigenvalue weighted by Crippen LogP contribution is 1.95. The predicted octanol–water partition coefficient (Wildman–Crippen LogP) is 3.37. The number of rotatable bonds is 4. The van der Waals surface area contributed by atoms with Crippen LogP contribution in [0.3, 0.4) is 0 Å². The maximum atomic E-state index is 8.28. The summed E-state index contributed by atoms with van der Waals surface area (Å²) in [5, 5.41) is 8.28. The fourth-order valence-corrected chi connectivity index (χ4v) is 0.594. The van der Waals surface area contributed by atoms with Crippen LogP contribution in [0.5, 0.6) is 0 Å². The van der Waals surface area contributed by atoms with Gasteiger partial charge in [0.25, 0.3) is 0 Å². The van der Waals surface area contributed by atoms with Crippen molar-refractivity contribution in [2.24, 2.45) is 0 Å². The molecule has 2 heteroatoms. The molecular weight excluding hydrogens is 128 g/mol. The van der Waals surface area contributed by atoms with Gasteiger partial charge < -0.3 is 0 Å². The van der Waals surface area contributed by atoms with Crippen molar-refractivity contribution in [3.05, 3.63) is 24.3 Å². The molecule has 66 valence electrons. The molecule has 0 fully saturated rings. The highest BCUT2D eigenvalue weighted by molar-refractivity contribution is 5.00. The van der Waals surface area contributed by atoms with Crippen LogP contribution in [0.2, 0.25) is 0 Å². The number of allylic oxidation sites excluding steroid dienone is 2. The standard InChI is InChI=1S/C8H14O2.4H2/c1-3-5-7-8(10-9)6-4-2;;;;/h4-9H,3H2,1-2H3;4*1H. The van der Waals surface area contributed by atoms with E-state index in [-0.39, 0.29) is 11.8 Å². The van der Waals surface area contributed by atoms with Gasteiger partial charge in [0.2, 0.25) is 0 Å². The molecule has 1 atom stereocenters. The lowest BCUT2D eigenvalue weighted by atomic mass is 10.3. The summed E-state index contributed by atoms with van der Waals surface area (Å²) in [6, 6.07) is 0. The minimum Gasteiger partial charge on any atom is -0.251 e. The monoisotopic (exact) mass is 150 g/mol. The summed E-state index contributed by atoms with van der Waals surface area (Å²) in [4.78, 5) is 4.12. The van der Waals surface area contributed by atoms with Gasteiger partial charge in [0, 0.05) is 5.71 Å². The second kappa shape index (κ2) is 6.52. The lowest BCUT2D eigenvalue weighted by Crippen LogP contribution is -2.01. The molecular formula is C8H22O2. The Morgan fingerprint density at radius 3 is 2.70 bits per heavy atom. The van der Waals surface area contributed by atoms with Gasteiger partial charge in [-0.3, -0.25) is 5.26 Å². The van der Waals surface area contributed by atoms with E-state index in [1.165, 1.54) is 0 Å². The molecule has 0 aliphatic rings. The van der Waals surface area contributed by atoms with Gasteiger partial charge >= 0.3 is 0 Å². The van der Waals surface area contributed by atoms with Crippen LogP contribution in [0.4, 0.5) is 0 Å². The molecule has 1 unspecified atom stereocenters. The average molecular weight is 150 g/mol. The van der Waals surface area contributed by atoms with Crippen molar-refractivity contribution in [1.29, 1.82) is 0 Å². The van der Waals surface area contributed by atoms with Crippen molar-refractivity contribution in [2.75, 3.05) is 0 Å². The topological polar surface area (TPSA) is 29.5 Å². The van der Waals surface area contributed by atoms with Gasteiger partial charge in [0.05, 0.1) is 0 Å². The summed E-state index contributed by atoms with van der Waals surface area (Å²) in [6.07, 6.45) is 8.02. The largest absolute Gasteiger partial charge is 0.251 e. The number of hydrogen-bond donors (Lipinski definition) is 1. The van der Waals surface area contributed by atoms with Crippen LogP contribution in [0.15, 0.2) is 24.3 Å². The fourth-order valence-electron chi connectivity index (χ4n) is 0.594. The Hall–Kier alpha value is -0.600. The third kappa shape index (κ3) is 4.30. The summed E-state index contributed by atoms with van der Waals surface area (Å²) in [5.74, 6) is 0. The van der Waals surface area contributed by atoms with E-state index >= 15 is 0 Å². The Balaban J connectivity index is -0.0000000675. The fraction of sp³-hybridized carbons (Fsp3) is 0.500. The third-order valence-corrected chi connectivity index (χ3v) is 1.07. The van der Waals surface area contributed by atoms with E-state index in [4.69, 9.17) is 5.26 Å². The van der Waals surface area contributed by atoms with Crippen LogP contribution in [0.1, 0.15) is 26.0 Å². The van der Waals surface area contributed by atoms with Crippen LogP contribution in [-0.2, 0) is 4.89 Å². The SMILES string of the molecule is CC=CC(C=CCC)OO.[HH].[HH].[HH].[HH]. The molecule has 0 aromatic carbocycles. The second-order valence-corrected chi connectivity index (χ2v) is 1.93. The summed E-state index contributed by atoms with van der Waals surface area (Å²) in [5.41, 5.74) is 0. The van der Waals surface area contributed by atoms with Crippen LogP contribution in [0, 0.1) is 0 Å². The molecule has 0 spiro atoms. The lowest BCUT2D eigenvalue weighted by Gasteiger charge is -1.99. The zero-order valence-corrected chi connectivity index (χ0v) is 6.45. The normalized spacial score (nSPS) is 15.1. The molecule has 0 amide bonds. The van der Waals surface area contributed by atoms with Crippen molar-refractivity contribution < 1.29 is 15.9 Å². The Kier molecular flexibility index (Phi) is 6.13. The molecule has 0 aromatic heterocycles. The quantitative estimate of drug-likeness (QED) is 0.378. The van der Waals surface area contributed by atoms with E-state index < -0.39 is 0 Å². The van der Waals surface area contributed by atoms with E-state index in [0.29, 0.717) is 0 Å². The molecule has 0 bridgehead atoms. The number of hydrogen-bond acceptors (Lipinski definition) is 2. The van der Waals surface area contributed by atoms with Gasteiger partial charge in [-0.15, -0.1) is 0 Å². The van der Waals surface area contributed by atoms with Gasteiger partial charge in [-0.2, -0.15) is 0 Å². The predicted molar refractivity (Wildman–Crippen MR) is 50.2 cm³/mol. The van der Waals surface area contributed by atoms with Crippen LogP contribution in [-0.4, -0.2) is 11.4 Å². The first kappa shape index (κ1) is 9.40. The van der Waals surface area contributed by atoms with Crippen molar-refractivity contribution in [3.8, 4) is 0 Å². The Morgan fingerprint density at radius 1 is 1.60 bits per heavy atom. The molecule has 0 heterocycles. The van der Waals surface area contributed by atoms with E-state index in [9.17, 15) is 0 Å². The smallest absolute Gasteiger partial charge is 0.129 e. The van der Waals surface area contributed by atoms with Crippen LogP contribution >= 0.6 is 0 Å². The minimum atomic E-state index is -0.287. The van der Waals surface area contributed by atoms with Gasteiger partial charge in [-0.05, 0) is 13.3 Å². The Bertz CT molecular complexity index is 129. The first-order valence-corrected chi connectivity index (χ1v) is 3.44. The van der Waals surface area contributed by atoms with E-state index in [2.05, 4.69) is 4.89 Å². The molecule has 1 N–H and O–H groups in total. The van der Waals surface area contributed by atoms with E-state index in [1.807, 2.05) is 26.0 Å². The first-order valence-electron chi connectivity index (χ1n) is 3.44. The van der Waals surface area contributed by atoms with E-state index in [1.54, 1.807) is 12.2 Å². The van der Waals surface area contributed by atoms with Crippen molar-refractivity contribution in [2.45, 2.75) is 26.4 Å². The molecule has 0 rings (SSSR count). The summed E-state index contributed by atoms with van der Waals surface area (Å²) < 4.78 is 0. The molecule has 0 saturated carbocycles. The summed E-state index contributed by atoms with van der Waals surface area (Å²) >= 11 is 0. The summed E-state index contributed by atoms with van der Waals surface area (Å²) in [6.45, 7) is 3.91. The second-order valence-electron chi connectivity index (χ2n) is 1.93. The van der Waals surface area contributed by atoms with Gasteiger partial charge in [0.15, 0.2) is 0 Å².